The molecule has 6 nitrogen and oxygen atoms in total. The molecule has 0 amide bonds. The molecule has 0 heterocycles. The first-order valence-corrected chi connectivity index (χ1v) is 6.13. The summed E-state index contributed by atoms with van der Waals surface area (Å²) < 4.78 is 17.9. The zero-order valence-electron chi connectivity index (χ0n) is 11.6. The van der Waals surface area contributed by atoms with E-state index in [0.29, 0.717) is 6.42 Å². The van der Waals surface area contributed by atoms with E-state index in [1.807, 2.05) is 13.8 Å². The highest BCUT2D eigenvalue weighted by atomic mass is 19.1. The molecule has 1 atom stereocenters. The summed E-state index contributed by atoms with van der Waals surface area (Å²) >= 11 is 0. The van der Waals surface area contributed by atoms with Crippen LogP contribution in [0.5, 0.6) is 0 Å². The van der Waals surface area contributed by atoms with Gasteiger partial charge in [0.1, 0.15) is 17.5 Å². The van der Waals surface area contributed by atoms with E-state index < -0.39 is 22.8 Å². The molecule has 1 rings (SSSR count). The molecule has 0 aliphatic carbocycles. The van der Waals surface area contributed by atoms with Crippen LogP contribution in [-0.4, -0.2) is 24.0 Å². The SMILES string of the molecule is COC(=O)C(CC(C)C)Nc1cc(F)ccc1[N+](=O)[O-]. The minimum Gasteiger partial charge on any atom is -0.467 e. The fourth-order valence-electron chi connectivity index (χ4n) is 1.80. The number of esters is 1. The summed E-state index contributed by atoms with van der Waals surface area (Å²) in [5, 5.41) is 13.6. The molecule has 20 heavy (non-hydrogen) atoms. The number of nitro groups is 1. The van der Waals surface area contributed by atoms with Gasteiger partial charge in [0, 0.05) is 12.1 Å². The number of nitrogens with zero attached hydrogens (tertiary/aromatic N) is 1. The Bertz CT molecular complexity index is 505. The lowest BCUT2D eigenvalue weighted by Crippen LogP contribution is -2.32. The summed E-state index contributed by atoms with van der Waals surface area (Å²) in [5.74, 6) is -0.997. The molecule has 1 N–H and O–H groups in total. The van der Waals surface area contributed by atoms with Gasteiger partial charge in [-0.25, -0.2) is 9.18 Å². The van der Waals surface area contributed by atoms with Crippen molar-refractivity contribution >= 4 is 17.3 Å². The molecule has 7 heteroatoms. The van der Waals surface area contributed by atoms with Crippen LogP contribution in [0.15, 0.2) is 18.2 Å². The van der Waals surface area contributed by atoms with Crippen LogP contribution in [0.3, 0.4) is 0 Å². The highest BCUT2D eigenvalue weighted by Crippen LogP contribution is 2.26. The van der Waals surface area contributed by atoms with Crippen LogP contribution in [0.2, 0.25) is 0 Å². The monoisotopic (exact) mass is 284 g/mol. The van der Waals surface area contributed by atoms with Crippen molar-refractivity contribution in [1.29, 1.82) is 0 Å². The van der Waals surface area contributed by atoms with Gasteiger partial charge in [0.25, 0.3) is 5.69 Å². The molecule has 0 aliphatic heterocycles. The average molecular weight is 284 g/mol. The van der Waals surface area contributed by atoms with Gasteiger partial charge in [0.2, 0.25) is 0 Å². The maximum atomic E-state index is 13.2. The van der Waals surface area contributed by atoms with Gasteiger partial charge < -0.3 is 10.1 Å². The van der Waals surface area contributed by atoms with E-state index in [1.165, 1.54) is 7.11 Å². The van der Waals surface area contributed by atoms with E-state index in [4.69, 9.17) is 0 Å². The minimum atomic E-state index is -0.763. The second kappa shape index (κ2) is 6.83. The van der Waals surface area contributed by atoms with Crippen LogP contribution in [0.1, 0.15) is 20.3 Å². The van der Waals surface area contributed by atoms with Crippen molar-refractivity contribution in [2.45, 2.75) is 26.3 Å². The van der Waals surface area contributed by atoms with Crippen LogP contribution < -0.4 is 5.32 Å². The van der Waals surface area contributed by atoms with E-state index in [0.717, 1.165) is 18.2 Å². The van der Waals surface area contributed by atoms with E-state index in [1.54, 1.807) is 0 Å². The third-order valence-electron chi connectivity index (χ3n) is 2.68. The highest BCUT2D eigenvalue weighted by Gasteiger charge is 2.24. The first kappa shape index (κ1) is 15.9. The number of nitrogens with one attached hydrogen (secondary N) is 1. The van der Waals surface area contributed by atoms with E-state index >= 15 is 0 Å². The summed E-state index contributed by atoms with van der Waals surface area (Å²) in [6, 6.07) is 2.29. The molecule has 0 bridgehead atoms. The fraction of sp³-hybridized carbons (Fsp3) is 0.462. The predicted octanol–water partition coefficient (Wildman–Crippen LogP) is 2.73. The van der Waals surface area contributed by atoms with E-state index in [2.05, 4.69) is 10.1 Å². The van der Waals surface area contributed by atoms with Gasteiger partial charge in [-0.2, -0.15) is 0 Å². The van der Waals surface area contributed by atoms with Gasteiger partial charge in [0.15, 0.2) is 0 Å². The number of anilines is 1. The Kier molecular flexibility index (Phi) is 5.42. The molecule has 0 aromatic heterocycles. The fourth-order valence-corrected chi connectivity index (χ4v) is 1.80. The second-order valence-electron chi connectivity index (χ2n) is 4.77. The Balaban J connectivity index is 3.06. The molecule has 0 saturated carbocycles. The number of halogens is 1. The van der Waals surface area contributed by atoms with Crippen LogP contribution in [-0.2, 0) is 9.53 Å². The molecule has 1 aromatic rings. The van der Waals surface area contributed by atoms with Crippen LogP contribution in [0.4, 0.5) is 15.8 Å². The van der Waals surface area contributed by atoms with Crippen molar-refractivity contribution in [3.8, 4) is 0 Å². The number of hydrogen-bond acceptors (Lipinski definition) is 5. The Hall–Kier alpha value is -2.18. The van der Waals surface area contributed by atoms with Crippen molar-refractivity contribution in [2.24, 2.45) is 5.92 Å². The number of nitro benzene ring substituents is 1. The molecular weight excluding hydrogens is 267 g/mol. The van der Waals surface area contributed by atoms with Gasteiger partial charge in [-0.05, 0) is 18.4 Å². The number of ether oxygens (including phenoxy) is 1. The van der Waals surface area contributed by atoms with Gasteiger partial charge in [-0.1, -0.05) is 13.8 Å². The maximum Gasteiger partial charge on any atom is 0.328 e. The van der Waals surface area contributed by atoms with Gasteiger partial charge in [-0.15, -0.1) is 0 Å². The summed E-state index contributed by atoms with van der Waals surface area (Å²) in [5.41, 5.74) is -0.324. The number of rotatable bonds is 6. The predicted molar refractivity (Wildman–Crippen MR) is 71.9 cm³/mol. The Morgan fingerprint density at radius 1 is 1.50 bits per heavy atom. The molecule has 0 spiro atoms. The first-order valence-electron chi connectivity index (χ1n) is 6.13. The first-order chi connectivity index (χ1) is 9.35. The number of carbonyl (C=O) groups excluding carboxylic acids is 1. The van der Waals surface area contributed by atoms with Crippen molar-refractivity contribution < 1.29 is 18.8 Å². The minimum absolute atomic E-state index is 0.0361. The standard InChI is InChI=1S/C13H17FN2O4/c1-8(2)6-11(13(17)20-3)15-10-7-9(14)4-5-12(10)16(18)19/h4-5,7-8,11,15H,6H2,1-3H3. The second-order valence-corrected chi connectivity index (χ2v) is 4.77. The van der Waals surface area contributed by atoms with Crippen LogP contribution in [0.25, 0.3) is 0 Å². The molecule has 0 aliphatic rings. The lowest BCUT2D eigenvalue weighted by Gasteiger charge is -2.19. The van der Waals surface area contributed by atoms with Crippen molar-refractivity contribution in [3.63, 3.8) is 0 Å². The zero-order chi connectivity index (χ0) is 15.3. The summed E-state index contributed by atoms with van der Waals surface area (Å²) in [4.78, 5) is 21.9. The van der Waals surface area contributed by atoms with Crippen LogP contribution in [0, 0.1) is 21.8 Å². The molecule has 0 saturated heterocycles. The Labute approximate surface area is 116 Å². The van der Waals surface area contributed by atoms with Crippen molar-refractivity contribution in [1.82, 2.24) is 0 Å². The number of carbonyl (C=O) groups is 1. The summed E-state index contributed by atoms with van der Waals surface area (Å²) in [6.07, 6.45) is 0.417. The smallest absolute Gasteiger partial charge is 0.328 e. The molecule has 110 valence electrons. The van der Waals surface area contributed by atoms with Crippen LogP contribution >= 0.6 is 0 Å². The number of hydrogen-bond donors (Lipinski definition) is 1. The van der Waals surface area contributed by atoms with E-state index in [9.17, 15) is 19.3 Å². The lowest BCUT2D eigenvalue weighted by molar-refractivity contribution is -0.384. The Morgan fingerprint density at radius 2 is 2.15 bits per heavy atom. The highest BCUT2D eigenvalue weighted by molar-refractivity contribution is 5.80. The zero-order valence-corrected chi connectivity index (χ0v) is 11.6. The van der Waals surface area contributed by atoms with E-state index in [-0.39, 0.29) is 17.3 Å². The summed E-state index contributed by atoms with van der Waals surface area (Å²) in [6.45, 7) is 3.80. The topological polar surface area (TPSA) is 81.5 Å². The third-order valence-corrected chi connectivity index (χ3v) is 2.68. The maximum absolute atomic E-state index is 13.2. The van der Waals surface area contributed by atoms with Gasteiger partial charge in [0.05, 0.1) is 12.0 Å². The largest absolute Gasteiger partial charge is 0.467 e. The molecule has 1 unspecified atom stereocenters. The normalized spacial score (nSPS) is 12.1. The number of methoxy groups -OCH3 is 1. The molecular formula is C13H17FN2O4. The van der Waals surface area contributed by atoms with Gasteiger partial charge >= 0.3 is 5.97 Å². The summed E-state index contributed by atoms with van der Waals surface area (Å²) in [7, 11) is 1.23. The third kappa shape index (κ3) is 4.18. The Morgan fingerprint density at radius 3 is 2.65 bits per heavy atom. The van der Waals surface area contributed by atoms with Crippen molar-refractivity contribution in [3.05, 3.63) is 34.1 Å². The quantitative estimate of drug-likeness (QED) is 0.493. The molecule has 0 fully saturated rings. The molecule has 1 aromatic carbocycles. The van der Waals surface area contributed by atoms with Gasteiger partial charge in [-0.3, -0.25) is 10.1 Å². The number of benzene rings is 1. The average Bonchev–Trinajstić information content (AvgIpc) is 2.36. The molecule has 0 radical (unpaired) electrons. The van der Waals surface area contributed by atoms with Crippen molar-refractivity contribution in [2.75, 3.05) is 12.4 Å². The lowest BCUT2D eigenvalue weighted by atomic mass is 10.0.